The lowest BCUT2D eigenvalue weighted by Crippen LogP contribution is -2.35. The van der Waals surface area contributed by atoms with Crippen LogP contribution >= 0.6 is 0 Å². The number of halogens is 1. The molecule has 138 valence electrons. The lowest BCUT2D eigenvalue weighted by atomic mass is 10.1. The van der Waals surface area contributed by atoms with E-state index in [9.17, 15) is 19.1 Å². The minimum Gasteiger partial charge on any atom is -0.494 e. The van der Waals surface area contributed by atoms with E-state index in [1.807, 2.05) is 0 Å². The van der Waals surface area contributed by atoms with Gasteiger partial charge in [-0.05, 0) is 36.6 Å². The van der Waals surface area contributed by atoms with Crippen LogP contribution in [-0.2, 0) is 4.79 Å². The van der Waals surface area contributed by atoms with E-state index < -0.39 is 23.7 Å². The van der Waals surface area contributed by atoms with Crippen molar-refractivity contribution in [3.8, 4) is 5.75 Å². The van der Waals surface area contributed by atoms with Crippen molar-refractivity contribution in [2.75, 3.05) is 7.11 Å². The summed E-state index contributed by atoms with van der Waals surface area (Å²) in [5.41, 5.74) is 0.424. The van der Waals surface area contributed by atoms with Crippen LogP contribution in [0.4, 0.5) is 4.39 Å². The summed E-state index contributed by atoms with van der Waals surface area (Å²) in [6, 6.07) is 4.11. The molecule has 2 aromatic rings. The third-order valence-electron chi connectivity index (χ3n) is 4.61. The first-order chi connectivity index (χ1) is 12.5. The first kappa shape index (κ1) is 17.9. The molecule has 1 aliphatic carbocycles. The number of benzene rings is 1. The highest BCUT2D eigenvalue weighted by molar-refractivity contribution is 5.95. The third kappa shape index (κ3) is 3.54. The highest BCUT2D eigenvalue weighted by atomic mass is 19.1. The van der Waals surface area contributed by atoms with Gasteiger partial charge in [-0.25, -0.2) is 9.18 Å². The fourth-order valence-corrected chi connectivity index (χ4v) is 3.29. The van der Waals surface area contributed by atoms with E-state index in [1.54, 1.807) is 10.7 Å². The molecule has 1 unspecified atom stereocenters. The number of nitrogens with one attached hydrogen (secondary N) is 1. The molecule has 2 N–H and O–H groups in total. The van der Waals surface area contributed by atoms with Crippen molar-refractivity contribution in [1.29, 1.82) is 0 Å². The normalized spacial score (nSPS) is 15.6. The van der Waals surface area contributed by atoms with E-state index in [-0.39, 0.29) is 17.4 Å². The number of carboxylic acids is 1. The van der Waals surface area contributed by atoms with Crippen molar-refractivity contribution in [2.24, 2.45) is 0 Å². The average Bonchev–Trinajstić information content (AvgIpc) is 3.29. The summed E-state index contributed by atoms with van der Waals surface area (Å²) in [5.74, 6) is -2.53. The van der Waals surface area contributed by atoms with E-state index in [1.165, 1.54) is 25.4 Å². The molecule has 0 radical (unpaired) electrons. The predicted octanol–water partition coefficient (Wildman–Crippen LogP) is 2.70. The van der Waals surface area contributed by atoms with Crippen LogP contribution in [0.3, 0.4) is 0 Å². The SMILES string of the molecule is COc1ccc(C(NC(=O)c2ccnn2C2CCCC2)C(=O)O)cc1F. The Labute approximate surface area is 149 Å². The Kier molecular flexibility index (Phi) is 5.20. The number of ether oxygens (including phenoxy) is 1. The molecule has 7 nitrogen and oxygen atoms in total. The van der Waals surface area contributed by atoms with Gasteiger partial charge in [0.25, 0.3) is 5.91 Å². The molecular formula is C18H20FN3O4. The second-order valence-corrected chi connectivity index (χ2v) is 6.24. The number of rotatable bonds is 6. The lowest BCUT2D eigenvalue weighted by Gasteiger charge is -2.18. The van der Waals surface area contributed by atoms with Crippen molar-refractivity contribution in [2.45, 2.75) is 37.8 Å². The van der Waals surface area contributed by atoms with Crippen molar-refractivity contribution in [1.82, 2.24) is 15.1 Å². The van der Waals surface area contributed by atoms with Crippen molar-refractivity contribution in [3.05, 3.63) is 47.5 Å². The number of aliphatic carboxylic acids is 1. The molecule has 0 saturated heterocycles. The van der Waals surface area contributed by atoms with Crippen LogP contribution in [0.2, 0.25) is 0 Å². The Balaban J connectivity index is 1.83. The molecule has 0 bridgehead atoms. The zero-order valence-electron chi connectivity index (χ0n) is 14.3. The number of amides is 1. The Hall–Kier alpha value is -2.90. The van der Waals surface area contributed by atoms with E-state index in [4.69, 9.17) is 4.74 Å². The van der Waals surface area contributed by atoms with E-state index in [0.717, 1.165) is 31.7 Å². The summed E-state index contributed by atoms with van der Waals surface area (Å²) in [4.78, 5) is 24.2. The predicted molar refractivity (Wildman–Crippen MR) is 90.5 cm³/mol. The second kappa shape index (κ2) is 7.55. The average molecular weight is 361 g/mol. The molecule has 1 amide bonds. The largest absolute Gasteiger partial charge is 0.494 e. The number of carbonyl (C=O) groups is 2. The molecule has 1 atom stereocenters. The second-order valence-electron chi connectivity index (χ2n) is 6.24. The molecule has 0 spiro atoms. The first-order valence-electron chi connectivity index (χ1n) is 8.42. The van der Waals surface area contributed by atoms with E-state index in [2.05, 4.69) is 10.4 Å². The first-order valence-corrected chi connectivity index (χ1v) is 8.42. The summed E-state index contributed by atoms with van der Waals surface area (Å²) in [7, 11) is 1.32. The summed E-state index contributed by atoms with van der Waals surface area (Å²) in [5, 5.41) is 16.2. The highest BCUT2D eigenvalue weighted by Gasteiger charge is 2.27. The minimum atomic E-state index is -1.38. The highest BCUT2D eigenvalue weighted by Crippen LogP contribution is 2.30. The van der Waals surface area contributed by atoms with Crippen LogP contribution in [0.15, 0.2) is 30.5 Å². The Morgan fingerprint density at radius 3 is 2.69 bits per heavy atom. The van der Waals surface area contributed by atoms with Gasteiger partial charge >= 0.3 is 5.97 Å². The molecule has 1 aromatic heterocycles. The number of hydrogen-bond donors (Lipinski definition) is 2. The maximum Gasteiger partial charge on any atom is 0.330 e. The summed E-state index contributed by atoms with van der Waals surface area (Å²) >= 11 is 0. The molecule has 26 heavy (non-hydrogen) atoms. The number of aromatic nitrogens is 2. The number of hydrogen-bond acceptors (Lipinski definition) is 4. The van der Waals surface area contributed by atoms with Gasteiger partial charge in [0.2, 0.25) is 0 Å². The molecule has 1 heterocycles. The fourth-order valence-electron chi connectivity index (χ4n) is 3.29. The minimum absolute atomic E-state index is 0.00326. The van der Waals surface area contributed by atoms with Gasteiger partial charge in [0.05, 0.1) is 13.2 Å². The van der Waals surface area contributed by atoms with Crippen LogP contribution < -0.4 is 10.1 Å². The summed E-state index contributed by atoms with van der Waals surface area (Å²) < 4.78 is 20.4. The molecule has 1 fully saturated rings. The lowest BCUT2D eigenvalue weighted by molar-refractivity contribution is -0.139. The van der Waals surface area contributed by atoms with Crippen LogP contribution in [-0.4, -0.2) is 33.9 Å². The maximum absolute atomic E-state index is 13.9. The van der Waals surface area contributed by atoms with Crippen LogP contribution in [0.1, 0.15) is 53.8 Å². The topological polar surface area (TPSA) is 93.5 Å². The zero-order valence-corrected chi connectivity index (χ0v) is 14.3. The Morgan fingerprint density at radius 2 is 2.08 bits per heavy atom. The van der Waals surface area contributed by atoms with Crippen LogP contribution in [0.5, 0.6) is 5.75 Å². The van der Waals surface area contributed by atoms with Gasteiger partial charge in [-0.15, -0.1) is 0 Å². The van der Waals surface area contributed by atoms with E-state index in [0.29, 0.717) is 5.69 Å². The van der Waals surface area contributed by atoms with Gasteiger partial charge in [0.15, 0.2) is 17.6 Å². The van der Waals surface area contributed by atoms with Crippen molar-refractivity contribution < 1.29 is 23.8 Å². The Bertz CT molecular complexity index is 815. The Morgan fingerprint density at radius 1 is 1.35 bits per heavy atom. The van der Waals surface area contributed by atoms with Gasteiger partial charge in [-0.3, -0.25) is 9.48 Å². The van der Waals surface area contributed by atoms with E-state index >= 15 is 0 Å². The van der Waals surface area contributed by atoms with Crippen LogP contribution in [0.25, 0.3) is 0 Å². The van der Waals surface area contributed by atoms with Crippen molar-refractivity contribution in [3.63, 3.8) is 0 Å². The van der Waals surface area contributed by atoms with Crippen LogP contribution in [0, 0.1) is 5.82 Å². The van der Waals surface area contributed by atoms with Gasteiger partial charge in [0.1, 0.15) is 5.69 Å². The molecule has 1 aliphatic rings. The molecular weight excluding hydrogens is 341 g/mol. The maximum atomic E-state index is 13.9. The third-order valence-corrected chi connectivity index (χ3v) is 4.61. The summed E-state index contributed by atoms with van der Waals surface area (Å²) in [6.45, 7) is 0. The van der Waals surface area contributed by atoms with Crippen molar-refractivity contribution >= 4 is 11.9 Å². The van der Waals surface area contributed by atoms with Gasteiger partial charge in [0, 0.05) is 6.20 Å². The quantitative estimate of drug-likeness (QED) is 0.825. The fraction of sp³-hybridized carbons (Fsp3) is 0.389. The number of methoxy groups -OCH3 is 1. The molecule has 1 saturated carbocycles. The standard InChI is InChI=1S/C18H20FN3O4/c1-26-15-7-6-11(10-13(15)19)16(18(24)25)21-17(23)14-8-9-20-22(14)12-4-2-3-5-12/h6-10,12,16H,2-5H2,1H3,(H,21,23)(H,24,25). The molecule has 0 aliphatic heterocycles. The smallest absolute Gasteiger partial charge is 0.330 e. The number of carbonyl (C=O) groups excluding carboxylic acids is 1. The molecule has 1 aromatic carbocycles. The summed E-state index contributed by atoms with van der Waals surface area (Å²) in [6.07, 6.45) is 5.56. The van der Waals surface area contributed by atoms with Gasteiger partial charge < -0.3 is 15.2 Å². The molecule has 3 rings (SSSR count). The number of nitrogens with zero attached hydrogens (tertiary/aromatic N) is 2. The van der Waals surface area contributed by atoms with Gasteiger partial charge in [-0.2, -0.15) is 5.10 Å². The monoisotopic (exact) mass is 361 g/mol. The molecule has 8 heteroatoms. The number of carboxylic acid groups (broad SMARTS) is 1. The zero-order chi connectivity index (χ0) is 18.7. The van der Waals surface area contributed by atoms with Gasteiger partial charge in [-0.1, -0.05) is 18.9 Å².